The normalized spacial score (nSPS) is 12.6. The molecule has 0 saturated carbocycles. The van der Waals surface area contributed by atoms with Gasteiger partial charge in [-0.15, -0.1) is 0 Å². The lowest BCUT2D eigenvalue weighted by Gasteiger charge is -2.11. The van der Waals surface area contributed by atoms with Crippen LogP contribution in [0.25, 0.3) is 0 Å². The van der Waals surface area contributed by atoms with Crippen molar-refractivity contribution in [1.82, 2.24) is 5.32 Å². The Morgan fingerprint density at radius 3 is 2.88 bits per heavy atom. The van der Waals surface area contributed by atoms with E-state index in [-0.39, 0.29) is 11.9 Å². The first kappa shape index (κ1) is 12.3. The summed E-state index contributed by atoms with van der Waals surface area (Å²) in [4.78, 5) is 0. The van der Waals surface area contributed by atoms with Crippen molar-refractivity contribution in [3.05, 3.63) is 58.2 Å². The van der Waals surface area contributed by atoms with E-state index in [2.05, 4.69) is 21.2 Å². The Labute approximate surface area is 108 Å². The lowest BCUT2D eigenvalue weighted by Crippen LogP contribution is -2.18. The molecule has 2 aromatic rings. The molecular weight excluding hydrogens is 285 g/mol. The number of halogens is 2. The van der Waals surface area contributed by atoms with Crippen LogP contribution in [0.15, 0.2) is 45.5 Å². The van der Waals surface area contributed by atoms with Crippen LogP contribution in [0.1, 0.15) is 24.3 Å². The molecule has 0 aliphatic carbocycles. The van der Waals surface area contributed by atoms with Crippen LogP contribution in [0.5, 0.6) is 0 Å². The van der Waals surface area contributed by atoms with Gasteiger partial charge in [0, 0.05) is 16.6 Å². The number of hydrogen-bond acceptors (Lipinski definition) is 2. The molecule has 1 aromatic carbocycles. The summed E-state index contributed by atoms with van der Waals surface area (Å²) in [6.45, 7) is 2.45. The van der Waals surface area contributed by atoms with Crippen molar-refractivity contribution < 1.29 is 8.81 Å². The zero-order valence-corrected chi connectivity index (χ0v) is 11.0. The second-order valence-corrected chi connectivity index (χ2v) is 4.77. The van der Waals surface area contributed by atoms with Crippen molar-refractivity contribution in [2.45, 2.75) is 19.5 Å². The molecule has 1 heterocycles. The summed E-state index contributed by atoms with van der Waals surface area (Å²) < 4.78 is 19.6. The van der Waals surface area contributed by atoms with Crippen LogP contribution in [0, 0.1) is 5.82 Å². The fourth-order valence-corrected chi connectivity index (χ4v) is 1.90. The molecule has 1 N–H and O–H groups in total. The largest absolute Gasteiger partial charge is 0.468 e. The monoisotopic (exact) mass is 297 g/mol. The van der Waals surface area contributed by atoms with Gasteiger partial charge in [-0.2, -0.15) is 0 Å². The van der Waals surface area contributed by atoms with Crippen molar-refractivity contribution >= 4 is 15.9 Å². The zero-order valence-electron chi connectivity index (χ0n) is 9.41. The first-order chi connectivity index (χ1) is 8.16. The lowest BCUT2D eigenvalue weighted by molar-refractivity contribution is 0.427. The Balaban J connectivity index is 1.98. The van der Waals surface area contributed by atoms with Crippen molar-refractivity contribution in [1.29, 1.82) is 0 Å². The Morgan fingerprint density at radius 1 is 1.41 bits per heavy atom. The minimum absolute atomic E-state index is 0.0630. The molecule has 1 atom stereocenters. The van der Waals surface area contributed by atoms with E-state index in [4.69, 9.17) is 4.42 Å². The average molecular weight is 298 g/mol. The fourth-order valence-electron chi connectivity index (χ4n) is 1.57. The standard InChI is InChI=1S/C13H13BrFNO/c1-9(13-3-2-6-17-13)16-8-10-4-5-11(14)7-12(10)15/h2-7,9,16H,8H2,1H3/t9-/m0/s1. The highest BCUT2D eigenvalue weighted by Gasteiger charge is 2.09. The number of nitrogens with one attached hydrogen (secondary N) is 1. The third-order valence-corrected chi connectivity index (χ3v) is 3.08. The maximum atomic E-state index is 13.5. The summed E-state index contributed by atoms with van der Waals surface area (Å²) in [7, 11) is 0. The van der Waals surface area contributed by atoms with Crippen LogP contribution in [-0.2, 0) is 6.54 Å². The lowest BCUT2D eigenvalue weighted by atomic mass is 10.2. The molecule has 0 amide bonds. The second kappa shape index (κ2) is 5.47. The fraction of sp³-hybridized carbons (Fsp3) is 0.231. The number of furan rings is 1. The van der Waals surface area contributed by atoms with Gasteiger partial charge in [-0.1, -0.05) is 22.0 Å². The van der Waals surface area contributed by atoms with E-state index in [0.29, 0.717) is 12.1 Å². The van der Waals surface area contributed by atoms with Gasteiger partial charge in [0.15, 0.2) is 0 Å². The Kier molecular flexibility index (Phi) is 3.97. The van der Waals surface area contributed by atoms with Crippen LogP contribution < -0.4 is 5.32 Å². The quantitative estimate of drug-likeness (QED) is 0.922. The molecule has 0 unspecified atom stereocenters. The first-order valence-electron chi connectivity index (χ1n) is 5.37. The highest BCUT2D eigenvalue weighted by Crippen LogP contribution is 2.17. The minimum Gasteiger partial charge on any atom is -0.468 e. The van der Waals surface area contributed by atoms with Crippen LogP contribution in [-0.4, -0.2) is 0 Å². The summed E-state index contributed by atoms with van der Waals surface area (Å²) in [6, 6.07) is 8.87. The Bertz CT molecular complexity index is 484. The van der Waals surface area contributed by atoms with Gasteiger partial charge in [-0.3, -0.25) is 0 Å². The Hall–Kier alpha value is -1.13. The predicted molar refractivity (Wildman–Crippen MR) is 68.1 cm³/mol. The van der Waals surface area contributed by atoms with Gasteiger partial charge in [-0.05, 0) is 31.2 Å². The van der Waals surface area contributed by atoms with E-state index in [1.54, 1.807) is 12.3 Å². The van der Waals surface area contributed by atoms with Crippen molar-refractivity contribution in [3.8, 4) is 0 Å². The third kappa shape index (κ3) is 3.17. The number of rotatable bonds is 4. The molecule has 4 heteroatoms. The molecule has 0 aliphatic heterocycles. The molecule has 17 heavy (non-hydrogen) atoms. The molecule has 2 rings (SSSR count). The van der Waals surface area contributed by atoms with E-state index in [1.165, 1.54) is 6.07 Å². The molecule has 2 nitrogen and oxygen atoms in total. The van der Waals surface area contributed by atoms with Crippen molar-refractivity contribution in [2.75, 3.05) is 0 Å². The summed E-state index contributed by atoms with van der Waals surface area (Å²) >= 11 is 3.23. The zero-order chi connectivity index (χ0) is 12.3. The molecule has 0 bridgehead atoms. The van der Waals surface area contributed by atoms with Crippen molar-refractivity contribution in [3.63, 3.8) is 0 Å². The summed E-state index contributed by atoms with van der Waals surface area (Å²) in [5.74, 6) is 0.640. The Morgan fingerprint density at radius 2 is 2.24 bits per heavy atom. The predicted octanol–water partition coefficient (Wildman–Crippen LogP) is 4.03. The van der Waals surface area contributed by atoms with E-state index in [9.17, 15) is 4.39 Å². The van der Waals surface area contributed by atoms with Gasteiger partial charge in [0.05, 0.1) is 12.3 Å². The third-order valence-electron chi connectivity index (χ3n) is 2.58. The highest BCUT2D eigenvalue weighted by atomic mass is 79.9. The summed E-state index contributed by atoms with van der Waals surface area (Å²) in [5.41, 5.74) is 0.645. The van der Waals surface area contributed by atoms with Gasteiger partial charge >= 0.3 is 0 Å². The maximum absolute atomic E-state index is 13.5. The van der Waals surface area contributed by atoms with E-state index in [0.717, 1.165) is 10.2 Å². The van der Waals surface area contributed by atoms with Crippen LogP contribution in [0.3, 0.4) is 0 Å². The molecule has 0 saturated heterocycles. The minimum atomic E-state index is -0.210. The number of hydrogen-bond donors (Lipinski definition) is 1. The van der Waals surface area contributed by atoms with Crippen LogP contribution >= 0.6 is 15.9 Å². The molecule has 0 fully saturated rings. The van der Waals surface area contributed by atoms with E-state index >= 15 is 0 Å². The van der Waals surface area contributed by atoms with Gasteiger partial charge < -0.3 is 9.73 Å². The maximum Gasteiger partial charge on any atom is 0.128 e. The smallest absolute Gasteiger partial charge is 0.128 e. The molecule has 90 valence electrons. The van der Waals surface area contributed by atoms with E-state index < -0.39 is 0 Å². The molecule has 0 radical (unpaired) electrons. The second-order valence-electron chi connectivity index (χ2n) is 3.85. The molecule has 0 aliphatic rings. The van der Waals surface area contributed by atoms with Gasteiger partial charge in [0.2, 0.25) is 0 Å². The van der Waals surface area contributed by atoms with Gasteiger partial charge in [-0.25, -0.2) is 4.39 Å². The SMILES string of the molecule is C[C@H](NCc1ccc(Br)cc1F)c1ccco1. The topological polar surface area (TPSA) is 25.2 Å². The van der Waals surface area contributed by atoms with E-state index in [1.807, 2.05) is 25.1 Å². The first-order valence-corrected chi connectivity index (χ1v) is 6.17. The number of benzene rings is 1. The average Bonchev–Trinajstić information content (AvgIpc) is 2.81. The van der Waals surface area contributed by atoms with Crippen LogP contribution in [0.4, 0.5) is 4.39 Å². The molecule has 0 spiro atoms. The highest BCUT2D eigenvalue weighted by molar-refractivity contribution is 9.10. The molecular formula is C13H13BrFNO. The summed E-state index contributed by atoms with van der Waals surface area (Å²) in [5, 5.41) is 3.21. The van der Waals surface area contributed by atoms with Crippen LogP contribution in [0.2, 0.25) is 0 Å². The molecule has 1 aromatic heterocycles. The van der Waals surface area contributed by atoms with Gasteiger partial charge in [0.1, 0.15) is 11.6 Å². The van der Waals surface area contributed by atoms with Gasteiger partial charge in [0.25, 0.3) is 0 Å². The summed E-state index contributed by atoms with van der Waals surface area (Å²) in [6.07, 6.45) is 1.63. The van der Waals surface area contributed by atoms with Crippen molar-refractivity contribution in [2.24, 2.45) is 0 Å².